The first-order valence-corrected chi connectivity index (χ1v) is 9.66. The van der Waals surface area contributed by atoms with Crippen LogP contribution in [-0.2, 0) is 10.0 Å². The predicted molar refractivity (Wildman–Crippen MR) is 92.4 cm³/mol. The molecule has 140 valence electrons. The van der Waals surface area contributed by atoms with Crippen LogP contribution in [0.4, 0.5) is 4.39 Å². The summed E-state index contributed by atoms with van der Waals surface area (Å²) in [5, 5.41) is 8.83. The number of halogens is 1. The molecule has 10 heteroatoms. The summed E-state index contributed by atoms with van der Waals surface area (Å²) in [4.78, 5) is 12.1. The van der Waals surface area contributed by atoms with E-state index in [0.29, 0.717) is 11.5 Å². The van der Waals surface area contributed by atoms with Crippen LogP contribution in [0.5, 0.6) is 0 Å². The van der Waals surface area contributed by atoms with Crippen LogP contribution in [-0.4, -0.2) is 28.5 Å². The Morgan fingerprint density at radius 1 is 1.19 bits per heavy atom. The standard InChI is InChI=1S/C17H16FN5O3S/c1-17(2)13(9-3-4-12(21-7-9)27(19,24)25)14(17)16-22-15(23-26-16)10-5-11(18)8-20-6-10/h3-8,13-14H,1-2H3,(H2,19,24,25)/t13-,14+/m1/s1. The van der Waals surface area contributed by atoms with E-state index in [4.69, 9.17) is 9.66 Å². The van der Waals surface area contributed by atoms with Gasteiger partial charge in [0.15, 0.2) is 5.03 Å². The van der Waals surface area contributed by atoms with Crippen LogP contribution in [0.1, 0.15) is 37.1 Å². The highest BCUT2D eigenvalue weighted by molar-refractivity contribution is 7.89. The number of pyridine rings is 2. The number of nitrogens with zero attached hydrogens (tertiary/aromatic N) is 4. The maximum atomic E-state index is 13.3. The summed E-state index contributed by atoms with van der Waals surface area (Å²) in [6.07, 6.45) is 4.06. The monoisotopic (exact) mass is 389 g/mol. The fraction of sp³-hybridized carbons (Fsp3) is 0.294. The molecule has 0 aliphatic heterocycles. The van der Waals surface area contributed by atoms with Gasteiger partial charge in [-0.2, -0.15) is 4.98 Å². The first kappa shape index (κ1) is 17.7. The Labute approximate surface area is 154 Å². The van der Waals surface area contributed by atoms with Crippen LogP contribution in [0.15, 0.2) is 46.3 Å². The molecule has 1 saturated carbocycles. The molecule has 1 aliphatic carbocycles. The third-order valence-electron chi connectivity index (χ3n) is 4.91. The van der Waals surface area contributed by atoms with E-state index < -0.39 is 15.8 Å². The van der Waals surface area contributed by atoms with E-state index in [0.717, 1.165) is 11.8 Å². The van der Waals surface area contributed by atoms with Gasteiger partial charge in [-0.3, -0.25) is 4.98 Å². The van der Waals surface area contributed by atoms with Crippen molar-refractivity contribution < 1.29 is 17.3 Å². The molecule has 0 spiro atoms. The van der Waals surface area contributed by atoms with Crippen molar-refractivity contribution in [3.63, 3.8) is 0 Å². The lowest BCUT2D eigenvalue weighted by molar-refractivity contribution is 0.368. The summed E-state index contributed by atoms with van der Waals surface area (Å²) >= 11 is 0. The Bertz CT molecular complexity index is 1110. The molecular formula is C17H16FN5O3S. The average Bonchev–Trinajstić information content (AvgIpc) is 2.94. The van der Waals surface area contributed by atoms with Gasteiger partial charge in [-0.25, -0.2) is 22.9 Å². The largest absolute Gasteiger partial charge is 0.339 e. The zero-order chi connectivity index (χ0) is 19.4. The molecule has 0 bridgehead atoms. The molecule has 0 amide bonds. The van der Waals surface area contributed by atoms with Crippen LogP contribution in [0, 0.1) is 11.2 Å². The Balaban J connectivity index is 1.62. The first-order chi connectivity index (χ1) is 12.7. The number of hydrogen-bond acceptors (Lipinski definition) is 7. The molecule has 0 saturated heterocycles. The molecule has 4 rings (SSSR count). The van der Waals surface area contributed by atoms with Crippen molar-refractivity contribution in [2.24, 2.45) is 10.6 Å². The van der Waals surface area contributed by atoms with Crippen molar-refractivity contribution in [1.29, 1.82) is 0 Å². The number of nitrogens with two attached hydrogens (primary N) is 1. The first-order valence-electron chi connectivity index (χ1n) is 8.11. The Kier molecular flexibility index (Phi) is 3.86. The normalized spacial score (nSPS) is 21.2. The summed E-state index contributed by atoms with van der Waals surface area (Å²) in [6, 6.07) is 4.35. The number of sulfonamides is 1. The van der Waals surface area contributed by atoms with Crippen molar-refractivity contribution in [2.45, 2.75) is 30.7 Å². The van der Waals surface area contributed by atoms with Crippen molar-refractivity contribution in [1.82, 2.24) is 20.1 Å². The van der Waals surface area contributed by atoms with E-state index in [2.05, 4.69) is 20.1 Å². The minimum absolute atomic E-state index is 0.0264. The molecule has 3 aromatic rings. The lowest BCUT2D eigenvalue weighted by Crippen LogP contribution is -2.13. The number of primary sulfonamides is 1. The molecule has 2 N–H and O–H groups in total. The van der Waals surface area contributed by atoms with Crippen LogP contribution < -0.4 is 5.14 Å². The van der Waals surface area contributed by atoms with Crippen molar-refractivity contribution in [3.05, 3.63) is 54.1 Å². The molecule has 8 nitrogen and oxygen atoms in total. The molecule has 1 fully saturated rings. The van der Waals surface area contributed by atoms with E-state index in [1.165, 1.54) is 24.5 Å². The van der Waals surface area contributed by atoms with E-state index in [1.807, 2.05) is 13.8 Å². The van der Waals surface area contributed by atoms with Gasteiger partial charge in [0.25, 0.3) is 10.0 Å². The van der Waals surface area contributed by atoms with Gasteiger partial charge in [0.2, 0.25) is 11.7 Å². The Morgan fingerprint density at radius 2 is 1.96 bits per heavy atom. The van der Waals surface area contributed by atoms with Gasteiger partial charge in [-0.15, -0.1) is 0 Å². The SMILES string of the molecule is CC1(C)[C@H](c2ccc(S(N)(=O)=O)nc2)[C@H]1c1nc(-c2cncc(F)c2)no1. The van der Waals surface area contributed by atoms with E-state index in [9.17, 15) is 12.8 Å². The molecule has 0 unspecified atom stereocenters. The molecular weight excluding hydrogens is 373 g/mol. The number of hydrogen-bond donors (Lipinski definition) is 1. The Hall–Kier alpha value is -2.72. The molecule has 0 radical (unpaired) electrons. The molecule has 0 aromatic carbocycles. The van der Waals surface area contributed by atoms with Crippen molar-refractivity contribution in [3.8, 4) is 11.4 Å². The zero-order valence-corrected chi connectivity index (χ0v) is 15.3. The maximum absolute atomic E-state index is 13.3. The highest BCUT2D eigenvalue weighted by atomic mass is 32.2. The topological polar surface area (TPSA) is 125 Å². The van der Waals surface area contributed by atoms with E-state index in [1.54, 1.807) is 6.07 Å². The van der Waals surface area contributed by atoms with Gasteiger partial charge in [0, 0.05) is 23.9 Å². The van der Waals surface area contributed by atoms with E-state index >= 15 is 0 Å². The van der Waals surface area contributed by atoms with Crippen LogP contribution in [0.25, 0.3) is 11.4 Å². The van der Waals surface area contributed by atoms with Crippen LogP contribution in [0.2, 0.25) is 0 Å². The Morgan fingerprint density at radius 3 is 2.59 bits per heavy atom. The van der Waals surface area contributed by atoms with Gasteiger partial charge in [0.1, 0.15) is 5.82 Å². The highest BCUT2D eigenvalue weighted by Gasteiger charge is 2.62. The lowest BCUT2D eigenvalue weighted by atomic mass is 10.1. The number of rotatable bonds is 4. The second-order valence-corrected chi connectivity index (χ2v) is 8.61. The van der Waals surface area contributed by atoms with Gasteiger partial charge < -0.3 is 4.52 Å². The van der Waals surface area contributed by atoms with Crippen molar-refractivity contribution in [2.75, 3.05) is 0 Å². The molecule has 2 atom stereocenters. The van der Waals surface area contributed by atoms with Gasteiger partial charge in [-0.1, -0.05) is 25.1 Å². The number of aromatic nitrogens is 4. The quantitative estimate of drug-likeness (QED) is 0.725. The molecule has 3 heterocycles. The summed E-state index contributed by atoms with van der Waals surface area (Å²) in [5.41, 5.74) is 1.10. The van der Waals surface area contributed by atoms with E-state index in [-0.39, 0.29) is 28.1 Å². The predicted octanol–water partition coefficient (Wildman–Crippen LogP) is 2.22. The second kappa shape index (κ2) is 5.89. The maximum Gasteiger partial charge on any atom is 0.255 e. The van der Waals surface area contributed by atoms with Gasteiger partial charge >= 0.3 is 0 Å². The summed E-state index contributed by atoms with van der Waals surface area (Å²) in [5.74, 6) is 0.172. The lowest BCUT2D eigenvalue weighted by Gasteiger charge is -2.03. The van der Waals surface area contributed by atoms with Crippen molar-refractivity contribution >= 4 is 10.0 Å². The fourth-order valence-electron chi connectivity index (χ4n) is 3.48. The summed E-state index contributed by atoms with van der Waals surface area (Å²) in [7, 11) is -3.84. The minimum atomic E-state index is -3.84. The third kappa shape index (κ3) is 3.10. The summed E-state index contributed by atoms with van der Waals surface area (Å²) in [6.45, 7) is 4.09. The molecule has 27 heavy (non-hydrogen) atoms. The van der Waals surface area contributed by atoms with Gasteiger partial charge in [-0.05, 0) is 23.1 Å². The third-order valence-corrected chi connectivity index (χ3v) is 5.73. The molecule has 3 aromatic heterocycles. The summed E-state index contributed by atoms with van der Waals surface area (Å²) < 4.78 is 41.5. The average molecular weight is 389 g/mol. The van der Waals surface area contributed by atoms with Crippen LogP contribution >= 0.6 is 0 Å². The zero-order valence-electron chi connectivity index (χ0n) is 14.5. The van der Waals surface area contributed by atoms with Crippen LogP contribution in [0.3, 0.4) is 0 Å². The smallest absolute Gasteiger partial charge is 0.255 e. The highest BCUT2D eigenvalue weighted by Crippen LogP contribution is 2.69. The minimum Gasteiger partial charge on any atom is -0.339 e. The second-order valence-electron chi connectivity index (χ2n) is 7.10. The van der Waals surface area contributed by atoms with Gasteiger partial charge in [0.05, 0.1) is 12.1 Å². The molecule has 1 aliphatic rings. The fourth-order valence-corrected chi connectivity index (χ4v) is 3.93.